The SMILES string of the molecule is Cc1cc(NC(=O)CCCc2cccs2)c(C)cc1O. The van der Waals surface area contributed by atoms with Crippen molar-refractivity contribution in [2.75, 3.05) is 5.32 Å². The summed E-state index contributed by atoms with van der Waals surface area (Å²) in [5, 5.41) is 14.6. The zero-order chi connectivity index (χ0) is 14.5. The Morgan fingerprint density at radius 1 is 1.30 bits per heavy atom. The number of carbonyl (C=O) groups excluding carboxylic acids is 1. The van der Waals surface area contributed by atoms with E-state index >= 15 is 0 Å². The van der Waals surface area contributed by atoms with E-state index in [1.165, 1.54) is 4.88 Å². The normalized spacial score (nSPS) is 10.5. The van der Waals surface area contributed by atoms with Gasteiger partial charge in [0.2, 0.25) is 5.91 Å². The summed E-state index contributed by atoms with van der Waals surface area (Å²) in [6.07, 6.45) is 2.30. The molecule has 4 heteroatoms. The van der Waals surface area contributed by atoms with Crippen LogP contribution in [0.1, 0.15) is 28.8 Å². The van der Waals surface area contributed by atoms with Gasteiger partial charge in [0.1, 0.15) is 5.75 Å². The number of carbonyl (C=O) groups is 1. The van der Waals surface area contributed by atoms with Crippen LogP contribution < -0.4 is 5.32 Å². The van der Waals surface area contributed by atoms with Gasteiger partial charge in [0.25, 0.3) is 0 Å². The molecule has 3 nitrogen and oxygen atoms in total. The second-order valence-corrected chi connectivity index (χ2v) is 5.97. The minimum absolute atomic E-state index is 0.0229. The Kier molecular flexibility index (Phi) is 4.79. The van der Waals surface area contributed by atoms with Gasteiger partial charge in [-0.1, -0.05) is 6.07 Å². The van der Waals surface area contributed by atoms with Gasteiger partial charge >= 0.3 is 0 Å². The number of phenols is 1. The lowest BCUT2D eigenvalue weighted by Gasteiger charge is -2.10. The van der Waals surface area contributed by atoms with Crippen LogP contribution in [0.4, 0.5) is 5.69 Å². The van der Waals surface area contributed by atoms with Gasteiger partial charge in [0, 0.05) is 17.0 Å². The molecule has 20 heavy (non-hydrogen) atoms. The van der Waals surface area contributed by atoms with Crippen molar-refractivity contribution in [3.63, 3.8) is 0 Å². The minimum atomic E-state index is 0.0229. The van der Waals surface area contributed by atoms with Crippen molar-refractivity contribution in [1.82, 2.24) is 0 Å². The fraction of sp³-hybridized carbons (Fsp3) is 0.312. The molecule has 0 saturated carbocycles. The molecule has 0 saturated heterocycles. The molecule has 0 aliphatic heterocycles. The fourth-order valence-electron chi connectivity index (χ4n) is 2.03. The first-order valence-corrected chi connectivity index (χ1v) is 7.56. The zero-order valence-corrected chi connectivity index (χ0v) is 12.6. The average molecular weight is 289 g/mol. The molecule has 2 rings (SSSR count). The lowest BCUT2D eigenvalue weighted by atomic mass is 10.1. The molecule has 106 valence electrons. The van der Waals surface area contributed by atoms with Gasteiger partial charge in [-0.3, -0.25) is 4.79 Å². The molecule has 0 bridgehead atoms. The fourth-order valence-corrected chi connectivity index (χ4v) is 2.78. The number of hydrogen-bond donors (Lipinski definition) is 2. The number of aromatic hydroxyl groups is 1. The van der Waals surface area contributed by atoms with Gasteiger partial charge in [0.05, 0.1) is 0 Å². The molecule has 1 heterocycles. The molecule has 0 aliphatic rings. The van der Waals surface area contributed by atoms with Gasteiger partial charge in [0.15, 0.2) is 0 Å². The summed E-state index contributed by atoms with van der Waals surface area (Å²) < 4.78 is 0. The summed E-state index contributed by atoms with van der Waals surface area (Å²) in [7, 11) is 0. The summed E-state index contributed by atoms with van der Waals surface area (Å²) in [6, 6.07) is 7.61. The average Bonchev–Trinajstić information content (AvgIpc) is 2.89. The number of aryl methyl sites for hydroxylation is 3. The standard InChI is InChI=1S/C16H19NO2S/c1-11-10-15(18)12(2)9-14(11)17-16(19)7-3-5-13-6-4-8-20-13/h4,6,8-10,18H,3,5,7H2,1-2H3,(H,17,19). The van der Waals surface area contributed by atoms with Gasteiger partial charge in [-0.05, 0) is 61.4 Å². The third-order valence-corrected chi connectivity index (χ3v) is 4.16. The van der Waals surface area contributed by atoms with Gasteiger partial charge < -0.3 is 10.4 Å². The Balaban J connectivity index is 1.86. The molecule has 1 aromatic carbocycles. The lowest BCUT2D eigenvalue weighted by Crippen LogP contribution is -2.12. The number of benzene rings is 1. The number of hydrogen-bond acceptors (Lipinski definition) is 3. The molecule has 2 aromatic rings. The molecule has 0 radical (unpaired) electrons. The van der Waals surface area contributed by atoms with E-state index in [0.717, 1.165) is 29.7 Å². The Morgan fingerprint density at radius 3 is 2.80 bits per heavy atom. The second kappa shape index (κ2) is 6.57. The molecule has 0 atom stereocenters. The quantitative estimate of drug-likeness (QED) is 0.816. The monoisotopic (exact) mass is 289 g/mol. The summed E-state index contributed by atoms with van der Waals surface area (Å²) in [6.45, 7) is 3.70. The Hall–Kier alpha value is -1.81. The van der Waals surface area contributed by atoms with E-state index in [9.17, 15) is 9.90 Å². The highest BCUT2D eigenvalue weighted by atomic mass is 32.1. The molecule has 0 fully saturated rings. The lowest BCUT2D eigenvalue weighted by molar-refractivity contribution is -0.116. The Morgan fingerprint density at radius 2 is 2.10 bits per heavy atom. The zero-order valence-electron chi connectivity index (χ0n) is 11.8. The predicted octanol–water partition coefficient (Wildman–Crippen LogP) is 4.03. The van der Waals surface area contributed by atoms with Crippen molar-refractivity contribution in [2.45, 2.75) is 33.1 Å². The van der Waals surface area contributed by atoms with E-state index in [0.29, 0.717) is 6.42 Å². The number of phenolic OH excluding ortho intramolecular Hbond substituents is 1. The van der Waals surface area contributed by atoms with Crippen molar-refractivity contribution in [3.8, 4) is 5.75 Å². The number of anilines is 1. The van der Waals surface area contributed by atoms with Gasteiger partial charge in [-0.2, -0.15) is 0 Å². The number of nitrogens with one attached hydrogen (secondary N) is 1. The largest absolute Gasteiger partial charge is 0.508 e. The first-order valence-electron chi connectivity index (χ1n) is 6.68. The van der Waals surface area contributed by atoms with Crippen LogP contribution >= 0.6 is 11.3 Å². The van der Waals surface area contributed by atoms with Gasteiger partial charge in [-0.15, -0.1) is 11.3 Å². The number of amides is 1. The molecular formula is C16H19NO2S. The van der Waals surface area contributed by atoms with Crippen LogP contribution in [0.15, 0.2) is 29.6 Å². The minimum Gasteiger partial charge on any atom is -0.508 e. The smallest absolute Gasteiger partial charge is 0.224 e. The Bertz CT molecular complexity index is 591. The van der Waals surface area contributed by atoms with Crippen LogP contribution in [0.2, 0.25) is 0 Å². The van der Waals surface area contributed by atoms with E-state index in [1.54, 1.807) is 17.4 Å². The van der Waals surface area contributed by atoms with E-state index in [1.807, 2.05) is 26.0 Å². The van der Waals surface area contributed by atoms with E-state index in [-0.39, 0.29) is 11.7 Å². The van der Waals surface area contributed by atoms with Gasteiger partial charge in [-0.25, -0.2) is 0 Å². The number of thiophene rings is 1. The van der Waals surface area contributed by atoms with Crippen molar-refractivity contribution in [2.24, 2.45) is 0 Å². The van der Waals surface area contributed by atoms with Crippen LogP contribution in [0.25, 0.3) is 0 Å². The molecule has 1 amide bonds. The number of rotatable bonds is 5. The van der Waals surface area contributed by atoms with Crippen LogP contribution in [0.3, 0.4) is 0 Å². The van der Waals surface area contributed by atoms with Crippen molar-refractivity contribution in [3.05, 3.63) is 45.6 Å². The molecule has 1 aromatic heterocycles. The second-order valence-electron chi connectivity index (χ2n) is 4.93. The van der Waals surface area contributed by atoms with Crippen molar-refractivity contribution >= 4 is 22.9 Å². The topological polar surface area (TPSA) is 49.3 Å². The first-order chi connectivity index (χ1) is 9.56. The van der Waals surface area contributed by atoms with Crippen molar-refractivity contribution < 1.29 is 9.90 Å². The van der Waals surface area contributed by atoms with E-state index < -0.39 is 0 Å². The summed E-state index contributed by atoms with van der Waals surface area (Å²) in [5.74, 6) is 0.285. The van der Waals surface area contributed by atoms with Crippen LogP contribution in [0.5, 0.6) is 5.75 Å². The van der Waals surface area contributed by atoms with Crippen molar-refractivity contribution in [1.29, 1.82) is 0 Å². The maximum absolute atomic E-state index is 11.9. The van der Waals surface area contributed by atoms with Crippen LogP contribution in [0, 0.1) is 13.8 Å². The molecule has 0 aliphatic carbocycles. The van der Waals surface area contributed by atoms with E-state index in [4.69, 9.17) is 0 Å². The molecular weight excluding hydrogens is 270 g/mol. The summed E-state index contributed by atoms with van der Waals surface area (Å²) in [4.78, 5) is 13.2. The third kappa shape index (κ3) is 3.84. The Labute approximate surface area is 123 Å². The van der Waals surface area contributed by atoms with E-state index in [2.05, 4.69) is 16.8 Å². The van der Waals surface area contributed by atoms with Crippen LogP contribution in [-0.2, 0) is 11.2 Å². The molecule has 0 unspecified atom stereocenters. The summed E-state index contributed by atoms with van der Waals surface area (Å²) >= 11 is 1.73. The predicted molar refractivity (Wildman–Crippen MR) is 83.5 cm³/mol. The molecule has 0 spiro atoms. The maximum atomic E-state index is 11.9. The third-order valence-electron chi connectivity index (χ3n) is 3.22. The molecule has 2 N–H and O–H groups in total. The van der Waals surface area contributed by atoms with Crippen LogP contribution in [-0.4, -0.2) is 11.0 Å². The highest BCUT2D eigenvalue weighted by molar-refractivity contribution is 7.09. The first kappa shape index (κ1) is 14.6. The highest BCUT2D eigenvalue weighted by Crippen LogP contribution is 2.25. The maximum Gasteiger partial charge on any atom is 0.224 e. The summed E-state index contributed by atoms with van der Waals surface area (Å²) in [5.41, 5.74) is 2.42. The highest BCUT2D eigenvalue weighted by Gasteiger charge is 2.07.